The number of benzene rings is 2. The van der Waals surface area contributed by atoms with Crippen LogP contribution in [-0.2, 0) is 20.0 Å². The molecule has 8 nitrogen and oxygen atoms in total. The highest BCUT2D eigenvalue weighted by molar-refractivity contribution is 7.90. The number of alkyl halides is 6. The van der Waals surface area contributed by atoms with Gasteiger partial charge in [0.2, 0.25) is 0 Å². The molecule has 0 fully saturated rings. The van der Waals surface area contributed by atoms with E-state index in [0.717, 1.165) is 48.5 Å². The van der Waals surface area contributed by atoms with Gasteiger partial charge in [-0.05, 0) is 11.1 Å². The second-order valence-corrected chi connectivity index (χ2v) is 9.91. The molecule has 0 amide bonds. The van der Waals surface area contributed by atoms with Crippen molar-refractivity contribution in [1.29, 1.82) is 0 Å². The van der Waals surface area contributed by atoms with Crippen LogP contribution in [0.25, 0.3) is 9.69 Å². The predicted molar refractivity (Wildman–Crippen MR) is 107 cm³/mol. The quantitative estimate of drug-likeness (QED) is 0.411. The molecule has 16 heteroatoms. The second-order valence-electron chi connectivity index (χ2n) is 6.50. The monoisotopic (exact) mass is 526 g/mol. The summed E-state index contributed by atoms with van der Waals surface area (Å²) in [5.74, 6) is 0. The van der Waals surface area contributed by atoms with Gasteiger partial charge in [0.05, 0.1) is 25.2 Å². The summed E-state index contributed by atoms with van der Waals surface area (Å²) in [6.45, 7) is 13.8. The van der Waals surface area contributed by atoms with Crippen LogP contribution in [0.15, 0.2) is 48.5 Å². The Hall–Kier alpha value is -3.18. The van der Waals surface area contributed by atoms with E-state index in [1.54, 1.807) is 0 Å². The van der Waals surface area contributed by atoms with Gasteiger partial charge in [0.15, 0.2) is 11.4 Å². The van der Waals surface area contributed by atoms with Gasteiger partial charge in [-0.15, -0.1) is 0 Å². The van der Waals surface area contributed by atoms with Crippen molar-refractivity contribution >= 4 is 31.4 Å². The average Bonchev–Trinajstić information content (AvgIpc) is 2.74. The minimum Gasteiger partial charge on any atom is -0.238 e. The van der Waals surface area contributed by atoms with E-state index < -0.39 is 43.1 Å². The lowest BCUT2D eigenvalue weighted by Crippen LogP contribution is -2.47. The molecule has 0 aliphatic carbocycles. The van der Waals surface area contributed by atoms with Crippen molar-refractivity contribution in [2.24, 2.45) is 0 Å². The first-order chi connectivity index (χ1) is 15.5. The van der Waals surface area contributed by atoms with E-state index in [4.69, 9.17) is 13.1 Å². The number of nitrogens with zero attached hydrogens (tertiary/aromatic N) is 2. The Balaban J connectivity index is 2.76. The summed E-state index contributed by atoms with van der Waals surface area (Å²) in [6.07, 6.45) is 0. The van der Waals surface area contributed by atoms with Gasteiger partial charge >= 0.3 is 31.1 Å². The zero-order valence-corrected chi connectivity index (χ0v) is 18.0. The van der Waals surface area contributed by atoms with E-state index in [1.807, 2.05) is 0 Å². The fraction of sp³-hybridized carbons (Fsp3) is 0.222. The SMILES string of the molecule is [C-]#[N+]c1ccc([C@@H](NS(=O)(=O)C(F)(F)F)[C@H](NS(=O)(=O)C(F)(F)F)c2ccc([N+]#[C-])cc2)cc1. The van der Waals surface area contributed by atoms with Gasteiger partial charge in [-0.3, -0.25) is 0 Å². The molecule has 2 N–H and O–H groups in total. The Bertz CT molecular complexity index is 1220. The van der Waals surface area contributed by atoms with Crippen molar-refractivity contribution in [2.75, 3.05) is 0 Å². The lowest BCUT2D eigenvalue weighted by atomic mass is 9.94. The van der Waals surface area contributed by atoms with E-state index in [9.17, 15) is 43.2 Å². The average molecular weight is 526 g/mol. The highest BCUT2D eigenvalue weighted by atomic mass is 32.2. The maximum absolute atomic E-state index is 13.1. The van der Waals surface area contributed by atoms with E-state index in [2.05, 4.69) is 9.69 Å². The Labute approximate surface area is 189 Å². The Morgan fingerprint density at radius 3 is 1.09 bits per heavy atom. The standard InChI is InChI=1S/C18H12F6N4O4S2/c1-25-13-7-3-11(4-8-13)15(27-33(29,30)17(19,20)21)16(28-34(31,32)18(22,23)24)12-5-9-14(26-2)10-6-12/h3-10,15-16,27-28H/t15-,16-/m1/s1. The van der Waals surface area contributed by atoms with Crippen LogP contribution in [0.2, 0.25) is 0 Å². The zero-order valence-electron chi connectivity index (χ0n) is 16.4. The van der Waals surface area contributed by atoms with E-state index in [1.165, 1.54) is 9.44 Å². The Morgan fingerprint density at radius 2 is 0.882 bits per heavy atom. The first-order valence-electron chi connectivity index (χ1n) is 8.64. The third-order valence-electron chi connectivity index (χ3n) is 4.27. The van der Waals surface area contributed by atoms with Gasteiger partial charge in [0.25, 0.3) is 0 Å². The van der Waals surface area contributed by atoms with Crippen molar-refractivity contribution in [3.05, 3.63) is 82.5 Å². The number of rotatable bonds is 7. The van der Waals surface area contributed by atoms with Crippen LogP contribution >= 0.6 is 0 Å². The van der Waals surface area contributed by atoms with Crippen molar-refractivity contribution in [3.8, 4) is 0 Å². The molecule has 0 saturated carbocycles. The van der Waals surface area contributed by atoms with Gasteiger partial charge in [-0.1, -0.05) is 48.5 Å². The summed E-state index contributed by atoms with van der Waals surface area (Å²) < 4.78 is 128. The summed E-state index contributed by atoms with van der Waals surface area (Å²) in [7, 11) is -12.4. The molecular formula is C18H12F6N4O4S2. The zero-order chi connectivity index (χ0) is 25.9. The van der Waals surface area contributed by atoms with Crippen molar-refractivity contribution in [2.45, 2.75) is 23.1 Å². The molecule has 2 atom stereocenters. The Kier molecular flexibility index (Phi) is 7.63. The third kappa shape index (κ3) is 6.03. The van der Waals surface area contributed by atoms with E-state index >= 15 is 0 Å². The van der Waals surface area contributed by atoms with Crippen LogP contribution in [0.4, 0.5) is 37.7 Å². The van der Waals surface area contributed by atoms with Crippen molar-refractivity contribution in [1.82, 2.24) is 9.44 Å². The maximum Gasteiger partial charge on any atom is 0.511 e. The number of hydrogen-bond donors (Lipinski definition) is 2. The lowest BCUT2D eigenvalue weighted by molar-refractivity contribution is -0.0465. The van der Waals surface area contributed by atoms with Crippen LogP contribution < -0.4 is 9.44 Å². The fourth-order valence-electron chi connectivity index (χ4n) is 2.64. The van der Waals surface area contributed by atoms with Crippen LogP contribution in [-0.4, -0.2) is 27.9 Å². The molecular weight excluding hydrogens is 514 g/mol. The van der Waals surface area contributed by atoms with Crippen LogP contribution in [0.1, 0.15) is 23.2 Å². The van der Waals surface area contributed by atoms with Gasteiger partial charge in [0, 0.05) is 0 Å². The molecule has 0 spiro atoms. The van der Waals surface area contributed by atoms with Crippen LogP contribution in [0, 0.1) is 13.1 Å². The van der Waals surface area contributed by atoms with Gasteiger partial charge in [-0.25, -0.2) is 26.5 Å². The van der Waals surface area contributed by atoms with E-state index in [-0.39, 0.29) is 22.5 Å². The second kappa shape index (κ2) is 9.59. The van der Waals surface area contributed by atoms with Gasteiger partial charge < -0.3 is 0 Å². The maximum atomic E-state index is 13.1. The smallest absolute Gasteiger partial charge is 0.238 e. The third-order valence-corrected chi connectivity index (χ3v) is 6.62. The van der Waals surface area contributed by atoms with Crippen molar-refractivity contribution in [3.63, 3.8) is 0 Å². The highest BCUT2D eigenvalue weighted by Gasteiger charge is 2.51. The van der Waals surface area contributed by atoms with Crippen molar-refractivity contribution < 1.29 is 43.2 Å². The first kappa shape index (κ1) is 27.1. The summed E-state index contributed by atoms with van der Waals surface area (Å²) >= 11 is 0. The number of halogens is 6. The molecule has 0 heterocycles. The first-order valence-corrected chi connectivity index (χ1v) is 11.6. The number of hydrogen-bond acceptors (Lipinski definition) is 4. The topological polar surface area (TPSA) is 101 Å². The fourth-order valence-corrected chi connectivity index (χ4v) is 4.12. The molecule has 182 valence electrons. The van der Waals surface area contributed by atoms with Gasteiger partial charge in [0.1, 0.15) is 0 Å². The minimum absolute atomic E-state index is 0.0324. The van der Waals surface area contributed by atoms with Gasteiger partial charge in [-0.2, -0.15) is 35.8 Å². The molecule has 0 aliphatic heterocycles. The molecule has 0 bridgehead atoms. The highest BCUT2D eigenvalue weighted by Crippen LogP contribution is 2.36. The molecule has 2 aromatic rings. The van der Waals surface area contributed by atoms with Crippen LogP contribution in [0.3, 0.4) is 0 Å². The summed E-state index contributed by atoms with van der Waals surface area (Å²) in [6, 6.07) is 3.54. The Morgan fingerprint density at radius 1 is 0.618 bits per heavy atom. The lowest BCUT2D eigenvalue weighted by Gasteiger charge is -2.30. The summed E-state index contributed by atoms with van der Waals surface area (Å²) in [5.41, 5.74) is -12.6. The molecule has 0 unspecified atom stereocenters. The molecule has 0 saturated heterocycles. The molecule has 2 aromatic carbocycles. The normalized spacial score (nSPS) is 14.6. The molecule has 2 rings (SSSR count). The predicted octanol–water partition coefficient (Wildman–Crippen LogP) is 4.45. The number of sulfonamides is 2. The molecule has 0 aliphatic rings. The summed E-state index contributed by atoms with van der Waals surface area (Å²) in [5, 5.41) is 0. The summed E-state index contributed by atoms with van der Waals surface area (Å²) in [4.78, 5) is 6.08. The molecule has 0 aromatic heterocycles. The molecule has 34 heavy (non-hydrogen) atoms. The molecule has 0 radical (unpaired) electrons. The van der Waals surface area contributed by atoms with Crippen LogP contribution in [0.5, 0.6) is 0 Å². The number of nitrogens with one attached hydrogen (secondary N) is 2. The van der Waals surface area contributed by atoms with E-state index in [0.29, 0.717) is 0 Å². The largest absolute Gasteiger partial charge is 0.511 e. The minimum atomic E-state index is -6.19.